The molecule has 8 heteroatoms. The van der Waals surface area contributed by atoms with Crippen molar-refractivity contribution in [3.05, 3.63) is 60.7 Å². The summed E-state index contributed by atoms with van der Waals surface area (Å²) in [5.74, 6) is -0.100. The van der Waals surface area contributed by atoms with Crippen molar-refractivity contribution in [2.75, 3.05) is 6.54 Å². The van der Waals surface area contributed by atoms with E-state index < -0.39 is 16.0 Å². The van der Waals surface area contributed by atoms with Gasteiger partial charge in [-0.05, 0) is 29.9 Å². The normalized spacial score (nSPS) is 16.7. The number of amides is 1. The molecule has 126 valence electrons. The first-order chi connectivity index (χ1) is 11.5. The second-order valence-electron chi connectivity index (χ2n) is 5.68. The van der Waals surface area contributed by atoms with Crippen LogP contribution >= 0.6 is 11.3 Å². The number of hydrogen-bond acceptors (Lipinski definition) is 5. The van der Waals surface area contributed by atoms with Crippen LogP contribution in [-0.4, -0.2) is 26.8 Å². The third kappa shape index (κ3) is 2.96. The number of nitrogens with zero attached hydrogens (tertiary/aromatic N) is 3. The van der Waals surface area contributed by atoms with Crippen molar-refractivity contribution < 1.29 is 9.72 Å². The lowest BCUT2D eigenvalue weighted by Gasteiger charge is -2.35. The van der Waals surface area contributed by atoms with Crippen LogP contribution in [0.1, 0.15) is 29.8 Å². The fourth-order valence-electron chi connectivity index (χ4n) is 3.13. The fourth-order valence-corrected chi connectivity index (χ4v) is 4.06. The van der Waals surface area contributed by atoms with Crippen LogP contribution in [0.25, 0.3) is 0 Å². The summed E-state index contributed by atoms with van der Waals surface area (Å²) in [6.45, 7) is 2.67. The van der Waals surface area contributed by atoms with Gasteiger partial charge in [-0.1, -0.05) is 6.92 Å². The number of rotatable bonds is 4. The Bertz CT molecular complexity index is 842. The molecule has 24 heavy (non-hydrogen) atoms. The molecular formula is C16H17N3O4S. The highest BCUT2D eigenvalue weighted by Gasteiger charge is 2.30. The minimum Gasteiger partial charge on any atom is -0.339 e. The maximum Gasteiger partial charge on any atom is 0.332 e. The third-order valence-corrected chi connectivity index (χ3v) is 5.27. The van der Waals surface area contributed by atoms with Gasteiger partial charge in [-0.15, -0.1) is 11.3 Å². The molecule has 0 spiro atoms. The van der Waals surface area contributed by atoms with Gasteiger partial charge in [0.1, 0.15) is 6.54 Å². The van der Waals surface area contributed by atoms with E-state index in [9.17, 15) is 19.7 Å². The van der Waals surface area contributed by atoms with Crippen molar-refractivity contribution in [1.82, 2.24) is 9.47 Å². The summed E-state index contributed by atoms with van der Waals surface area (Å²) in [5.41, 5.74) is 0.0279. The molecule has 0 saturated heterocycles. The molecule has 0 aliphatic carbocycles. The first-order valence-electron chi connectivity index (χ1n) is 7.71. The van der Waals surface area contributed by atoms with Crippen LogP contribution in [0.5, 0.6) is 0 Å². The lowest BCUT2D eigenvalue weighted by Crippen LogP contribution is -2.41. The first-order valence-corrected chi connectivity index (χ1v) is 8.59. The molecule has 2 aromatic heterocycles. The summed E-state index contributed by atoms with van der Waals surface area (Å²) in [4.78, 5) is 37.4. The number of aromatic nitrogens is 1. The Morgan fingerprint density at radius 1 is 1.46 bits per heavy atom. The van der Waals surface area contributed by atoms with Gasteiger partial charge in [0.2, 0.25) is 5.91 Å². The minimum atomic E-state index is -0.726. The Morgan fingerprint density at radius 3 is 2.96 bits per heavy atom. The van der Waals surface area contributed by atoms with Crippen molar-refractivity contribution in [2.24, 2.45) is 0 Å². The Balaban J connectivity index is 1.82. The van der Waals surface area contributed by atoms with Gasteiger partial charge < -0.3 is 9.47 Å². The quantitative estimate of drug-likeness (QED) is 0.628. The van der Waals surface area contributed by atoms with Crippen LogP contribution in [0.4, 0.5) is 5.69 Å². The molecule has 2 aromatic rings. The fraction of sp³-hybridized carbons (Fsp3) is 0.375. The molecule has 0 fully saturated rings. The number of hydrogen-bond donors (Lipinski definition) is 0. The molecule has 0 bridgehead atoms. The summed E-state index contributed by atoms with van der Waals surface area (Å²) >= 11 is 1.72. The predicted molar refractivity (Wildman–Crippen MR) is 90.1 cm³/mol. The standard InChI is InChI=1S/C16H17N3O4S/c1-2-12-11-5-8-24-15(11)4-7-18(12)16(21)10-17-6-3-14(20)13(9-17)19(22)23/h3,5-6,8-9,12H,2,4,7,10H2,1H3/t12-/m0/s1. The van der Waals surface area contributed by atoms with Gasteiger partial charge >= 0.3 is 5.69 Å². The lowest BCUT2D eigenvalue weighted by atomic mass is 9.98. The van der Waals surface area contributed by atoms with Crippen LogP contribution in [0.15, 0.2) is 34.7 Å². The molecule has 0 radical (unpaired) electrons. The monoisotopic (exact) mass is 347 g/mol. The van der Waals surface area contributed by atoms with E-state index in [1.807, 2.05) is 17.2 Å². The van der Waals surface area contributed by atoms with Gasteiger partial charge in [-0.3, -0.25) is 19.7 Å². The Hall–Kier alpha value is -2.48. The molecule has 1 atom stereocenters. The van der Waals surface area contributed by atoms with E-state index in [2.05, 4.69) is 6.07 Å². The molecule has 1 aliphatic heterocycles. The molecule has 0 N–H and O–H groups in total. The second kappa shape index (κ2) is 6.56. The SMILES string of the molecule is CC[C@H]1c2ccsc2CCN1C(=O)Cn1ccc(=O)c([N+](=O)[O-])c1. The minimum absolute atomic E-state index is 0.0168. The zero-order valence-electron chi connectivity index (χ0n) is 13.2. The maximum atomic E-state index is 12.7. The van der Waals surface area contributed by atoms with Crippen LogP contribution in [0, 0.1) is 10.1 Å². The average Bonchev–Trinajstić information content (AvgIpc) is 3.03. The number of nitro groups is 1. The van der Waals surface area contributed by atoms with E-state index in [4.69, 9.17) is 0 Å². The maximum absolute atomic E-state index is 12.7. The van der Waals surface area contributed by atoms with Crippen molar-refractivity contribution in [1.29, 1.82) is 0 Å². The predicted octanol–water partition coefficient (Wildman–Crippen LogP) is 2.35. The van der Waals surface area contributed by atoms with E-state index >= 15 is 0 Å². The molecule has 0 unspecified atom stereocenters. The zero-order valence-corrected chi connectivity index (χ0v) is 14.0. The van der Waals surface area contributed by atoms with Crippen molar-refractivity contribution in [2.45, 2.75) is 32.4 Å². The topological polar surface area (TPSA) is 85.5 Å². The molecule has 1 amide bonds. The number of carbonyl (C=O) groups excluding carboxylic acids is 1. The van der Waals surface area contributed by atoms with E-state index in [0.717, 1.165) is 25.1 Å². The molecule has 0 aromatic carbocycles. The van der Waals surface area contributed by atoms with Crippen LogP contribution in [0.3, 0.4) is 0 Å². The Morgan fingerprint density at radius 2 is 2.25 bits per heavy atom. The van der Waals surface area contributed by atoms with Gasteiger partial charge in [0.25, 0.3) is 5.43 Å². The van der Waals surface area contributed by atoms with Gasteiger partial charge in [0, 0.05) is 23.7 Å². The number of thiophene rings is 1. The van der Waals surface area contributed by atoms with Crippen molar-refractivity contribution in [3.8, 4) is 0 Å². The lowest BCUT2D eigenvalue weighted by molar-refractivity contribution is -0.386. The zero-order chi connectivity index (χ0) is 17.3. The van der Waals surface area contributed by atoms with Crippen LogP contribution in [0.2, 0.25) is 0 Å². The van der Waals surface area contributed by atoms with Crippen molar-refractivity contribution in [3.63, 3.8) is 0 Å². The van der Waals surface area contributed by atoms with E-state index in [1.54, 1.807) is 11.3 Å². The molecule has 3 rings (SSSR count). The van der Waals surface area contributed by atoms with Crippen LogP contribution < -0.4 is 5.43 Å². The Labute approximate surface area is 142 Å². The highest BCUT2D eigenvalue weighted by Crippen LogP contribution is 2.35. The first kappa shape index (κ1) is 16.4. The summed E-state index contributed by atoms with van der Waals surface area (Å²) in [5, 5.41) is 12.9. The number of carbonyl (C=O) groups is 1. The third-order valence-electron chi connectivity index (χ3n) is 4.27. The van der Waals surface area contributed by atoms with Gasteiger partial charge in [-0.25, -0.2) is 0 Å². The van der Waals surface area contributed by atoms with E-state index in [1.165, 1.54) is 21.2 Å². The highest BCUT2D eigenvalue weighted by molar-refractivity contribution is 7.10. The Kier molecular flexibility index (Phi) is 4.48. The molecule has 7 nitrogen and oxygen atoms in total. The van der Waals surface area contributed by atoms with Gasteiger partial charge in [0.05, 0.1) is 17.2 Å². The van der Waals surface area contributed by atoms with Crippen molar-refractivity contribution >= 4 is 22.9 Å². The molecule has 3 heterocycles. The summed E-state index contributed by atoms with van der Waals surface area (Å²) in [7, 11) is 0. The van der Waals surface area contributed by atoms with E-state index in [0.29, 0.717) is 6.54 Å². The number of pyridine rings is 1. The summed E-state index contributed by atoms with van der Waals surface area (Å²) in [6, 6.07) is 3.23. The molecule has 0 saturated carbocycles. The van der Waals surface area contributed by atoms with E-state index in [-0.39, 0.29) is 18.5 Å². The van der Waals surface area contributed by atoms with Crippen LogP contribution in [-0.2, 0) is 17.8 Å². The average molecular weight is 347 g/mol. The largest absolute Gasteiger partial charge is 0.339 e. The second-order valence-corrected chi connectivity index (χ2v) is 6.68. The molecular weight excluding hydrogens is 330 g/mol. The summed E-state index contributed by atoms with van der Waals surface area (Å²) in [6.07, 6.45) is 4.19. The number of fused-ring (bicyclic) bond motifs is 1. The molecule has 1 aliphatic rings. The summed E-state index contributed by atoms with van der Waals surface area (Å²) < 4.78 is 1.40. The van der Waals surface area contributed by atoms with Gasteiger partial charge in [0.15, 0.2) is 0 Å². The van der Waals surface area contributed by atoms with Gasteiger partial charge in [-0.2, -0.15) is 0 Å². The highest BCUT2D eigenvalue weighted by atomic mass is 32.1. The smallest absolute Gasteiger partial charge is 0.332 e.